The first kappa shape index (κ1) is 10.8. The average molecular weight is 233 g/mol. The van der Waals surface area contributed by atoms with E-state index in [-0.39, 0.29) is 0 Å². The second-order valence-corrected chi connectivity index (χ2v) is 7.27. The first-order chi connectivity index (χ1) is 8.36. The summed E-state index contributed by atoms with van der Waals surface area (Å²) in [5.74, 6) is 4.44. The molecule has 4 aliphatic rings. The Morgan fingerprint density at radius 2 is 1.47 bits per heavy atom. The third-order valence-electron chi connectivity index (χ3n) is 6.77. The fourth-order valence-corrected chi connectivity index (χ4v) is 6.17. The summed E-state index contributed by atoms with van der Waals surface area (Å²) in [7, 11) is 2.45. The van der Waals surface area contributed by atoms with Crippen molar-refractivity contribution in [3.8, 4) is 0 Å². The van der Waals surface area contributed by atoms with Gasteiger partial charge in [-0.15, -0.1) is 0 Å². The molecule has 4 rings (SSSR count). The third-order valence-corrected chi connectivity index (χ3v) is 6.77. The van der Waals surface area contributed by atoms with E-state index in [9.17, 15) is 0 Å². The van der Waals surface area contributed by atoms with Crippen LogP contribution in [0.1, 0.15) is 57.8 Å². The van der Waals surface area contributed by atoms with Crippen LogP contribution in [-0.2, 0) is 0 Å². The van der Waals surface area contributed by atoms with Crippen molar-refractivity contribution in [2.24, 2.45) is 23.7 Å². The smallest absolute Gasteiger partial charge is 0.0132 e. The SMILES string of the molecule is CN1C2CCCCC2C2C3CCCCC3CC21. The van der Waals surface area contributed by atoms with Gasteiger partial charge in [0.05, 0.1) is 0 Å². The summed E-state index contributed by atoms with van der Waals surface area (Å²) >= 11 is 0. The van der Waals surface area contributed by atoms with Crippen LogP contribution in [0, 0.1) is 23.7 Å². The normalized spacial score (nSPS) is 54.2. The van der Waals surface area contributed by atoms with E-state index < -0.39 is 0 Å². The highest BCUT2D eigenvalue weighted by Crippen LogP contribution is 2.57. The number of likely N-dealkylation sites (tertiary alicyclic amines) is 1. The zero-order valence-electron chi connectivity index (χ0n) is 11.3. The van der Waals surface area contributed by atoms with Gasteiger partial charge in [-0.2, -0.15) is 0 Å². The van der Waals surface area contributed by atoms with Crippen LogP contribution in [0.5, 0.6) is 0 Å². The van der Waals surface area contributed by atoms with E-state index in [1.807, 2.05) is 0 Å². The number of nitrogens with zero attached hydrogens (tertiary/aromatic N) is 1. The minimum Gasteiger partial charge on any atom is -0.300 e. The maximum absolute atomic E-state index is 2.83. The Labute approximate surface area is 106 Å². The molecule has 1 heteroatoms. The van der Waals surface area contributed by atoms with Crippen LogP contribution in [0.3, 0.4) is 0 Å². The van der Waals surface area contributed by atoms with Gasteiger partial charge >= 0.3 is 0 Å². The van der Waals surface area contributed by atoms with E-state index in [1.54, 1.807) is 25.7 Å². The van der Waals surface area contributed by atoms with Crippen LogP contribution >= 0.6 is 0 Å². The van der Waals surface area contributed by atoms with Crippen LogP contribution in [0.4, 0.5) is 0 Å². The maximum Gasteiger partial charge on any atom is 0.0132 e. The topological polar surface area (TPSA) is 3.24 Å². The fraction of sp³-hybridized carbons (Fsp3) is 1.00. The minimum absolute atomic E-state index is 0.974. The van der Waals surface area contributed by atoms with Crippen LogP contribution in [0.25, 0.3) is 0 Å². The third kappa shape index (κ3) is 1.47. The highest BCUT2D eigenvalue weighted by Gasteiger charge is 2.56. The van der Waals surface area contributed by atoms with Crippen LogP contribution < -0.4 is 0 Å². The second kappa shape index (κ2) is 3.98. The molecule has 17 heavy (non-hydrogen) atoms. The Kier molecular flexibility index (Phi) is 2.54. The Balaban J connectivity index is 1.63. The summed E-state index contributed by atoms with van der Waals surface area (Å²) in [6.07, 6.45) is 13.8. The van der Waals surface area contributed by atoms with Crippen LogP contribution in [-0.4, -0.2) is 24.0 Å². The van der Waals surface area contributed by atoms with E-state index in [1.165, 1.54) is 32.1 Å². The van der Waals surface area contributed by atoms with Crippen molar-refractivity contribution >= 4 is 0 Å². The highest BCUT2D eigenvalue weighted by molar-refractivity contribution is 5.08. The fourth-order valence-electron chi connectivity index (χ4n) is 6.17. The van der Waals surface area contributed by atoms with Crippen molar-refractivity contribution in [1.29, 1.82) is 0 Å². The minimum atomic E-state index is 0.974. The van der Waals surface area contributed by atoms with E-state index in [4.69, 9.17) is 0 Å². The standard InChI is InChI=1S/C16H27N/c1-17-14-9-5-4-8-13(14)16-12-7-3-2-6-11(12)10-15(16)17/h11-16H,2-10H2,1H3. The molecule has 1 aliphatic heterocycles. The van der Waals surface area contributed by atoms with Gasteiger partial charge in [0.1, 0.15) is 0 Å². The summed E-state index contributed by atoms with van der Waals surface area (Å²) in [5, 5.41) is 0. The van der Waals surface area contributed by atoms with Crippen molar-refractivity contribution in [3.63, 3.8) is 0 Å². The Hall–Kier alpha value is -0.0400. The van der Waals surface area contributed by atoms with Gasteiger partial charge in [-0.25, -0.2) is 0 Å². The van der Waals surface area contributed by atoms with Gasteiger partial charge in [0.2, 0.25) is 0 Å². The van der Waals surface area contributed by atoms with E-state index >= 15 is 0 Å². The Bertz CT molecular complexity index is 300. The van der Waals surface area contributed by atoms with Crippen molar-refractivity contribution in [2.75, 3.05) is 7.05 Å². The quantitative estimate of drug-likeness (QED) is 0.617. The van der Waals surface area contributed by atoms with Crippen molar-refractivity contribution in [1.82, 2.24) is 4.90 Å². The summed E-state index contributed by atoms with van der Waals surface area (Å²) in [6, 6.07) is 1.96. The molecule has 6 atom stereocenters. The highest BCUT2D eigenvalue weighted by atomic mass is 15.2. The summed E-state index contributed by atoms with van der Waals surface area (Å²) < 4.78 is 0. The van der Waals surface area contributed by atoms with Gasteiger partial charge in [0.25, 0.3) is 0 Å². The molecule has 0 aromatic carbocycles. The molecule has 96 valence electrons. The molecule has 1 nitrogen and oxygen atoms in total. The number of hydrogen-bond acceptors (Lipinski definition) is 1. The summed E-state index contributed by atoms with van der Waals surface area (Å²) in [5.41, 5.74) is 0. The van der Waals surface area contributed by atoms with Gasteiger partial charge in [-0.05, 0) is 56.4 Å². The Morgan fingerprint density at radius 3 is 2.35 bits per heavy atom. The zero-order valence-corrected chi connectivity index (χ0v) is 11.3. The molecule has 4 fully saturated rings. The average Bonchev–Trinajstić information content (AvgIpc) is 2.88. The van der Waals surface area contributed by atoms with E-state index in [0.717, 1.165) is 35.8 Å². The zero-order chi connectivity index (χ0) is 11.4. The molecule has 0 bridgehead atoms. The maximum atomic E-state index is 2.83. The molecule has 3 saturated carbocycles. The first-order valence-corrected chi connectivity index (χ1v) is 8.08. The number of rotatable bonds is 0. The molecule has 0 aromatic rings. The molecule has 1 heterocycles. The predicted molar refractivity (Wildman–Crippen MR) is 70.9 cm³/mol. The van der Waals surface area contributed by atoms with E-state index in [0.29, 0.717) is 0 Å². The predicted octanol–water partition coefficient (Wildman–Crippen LogP) is 3.69. The van der Waals surface area contributed by atoms with Gasteiger partial charge in [0.15, 0.2) is 0 Å². The van der Waals surface area contributed by atoms with Gasteiger partial charge < -0.3 is 0 Å². The van der Waals surface area contributed by atoms with Crippen LogP contribution in [0.2, 0.25) is 0 Å². The molecule has 3 aliphatic carbocycles. The molecule has 0 amide bonds. The molecule has 1 saturated heterocycles. The van der Waals surface area contributed by atoms with Crippen molar-refractivity contribution in [2.45, 2.75) is 69.9 Å². The Morgan fingerprint density at radius 1 is 0.765 bits per heavy atom. The second-order valence-electron chi connectivity index (χ2n) is 7.27. The molecular weight excluding hydrogens is 206 g/mol. The number of fused-ring (bicyclic) bond motifs is 5. The van der Waals surface area contributed by atoms with Crippen LogP contribution in [0.15, 0.2) is 0 Å². The van der Waals surface area contributed by atoms with E-state index in [2.05, 4.69) is 11.9 Å². The molecule has 0 aromatic heterocycles. The van der Waals surface area contributed by atoms with Gasteiger partial charge in [-0.3, -0.25) is 4.90 Å². The van der Waals surface area contributed by atoms with Crippen molar-refractivity contribution < 1.29 is 0 Å². The largest absolute Gasteiger partial charge is 0.300 e. The lowest BCUT2D eigenvalue weighted by Gasteiger charge is -2.36. The molecule has 0 spiro atoms. The molecule has 6 unspecified atom stereocenters. The summed E-state index contributed by atoms with van der Waals surface area (Å²) in [6.45, 7) is 0. The molecule has 0 radical (unpaired) electrons. The van der Waals surface area contributed by atoms with Crippen molar-refractivity contribution in [3.05, 3.63) is 0 Å². The summed E-state index contributed by atoms with van der Waals surface area (Å²) in [4.78, 5) is 2.83. The lowest BCUT2D eigenvalue weighted by molar-refractivity contribution is 0.137. The lowest BCUT2D eigenvalue weighted by Crippen LogP contribution is -2.36. The first-order valence-electron chi connectivity index (χ1n) is 8.08. The van der Waals surface area contributed by atoms with Gasteiger partial charge in [0, 0.05) is 12.1 Å². The molecule has 0 N–H and O–H groups in total. The van der Waals surface area contributed by atoms with Gasteiger partial charge in [-0.1, -0.05) is 32.1 Å². The number of hydrogen-bond donors (Lipinski definition) is 0. The lowest BCUT2D eigenvalue weighted by atomic mass is 9.70. The monoisotopic (exact) mass is 233 g/mol. The molecular formula is C16H27N.